The summed E-state index contributed by atoms with van der Waals surface area (Å²) in [6.07, 6.45) is 3.91. The molecule has 1 amide bonds. The maximum absolute atomic E-state index is 14.2. The fraction of sp³-hybridized carbons (Fsp3) is 0.450. The van der Waals surface area contributed by atoms with E-state index < -0.39 is 0 Å². The first-order chi connectivity index (χ1) is 24.7. The standard InChI is InChI=1S/C40H52N8O3/c1-5-51-26-25-47-36-14-10-9-13-35(36)44-39(47)43-32-17-21-45(22-18-32)23-19-40(31-11-7-6-8-12-31)20-24-46(28-40)38(49)34-27-33(15-16-37(34)50-4)48(29(2)41)30(3)42/h6-16,27,32,41-42H,5,17-26,28H2,1-4H3,(H,43,44). The van der Waals surface area contributed by atoms with Crippen LogP contribution in [0.15, 0.2) is 72.8 Å². The van der Waals surface area contributed by atoms with Gasteiger partial charge in [0.1, 0.15) is 17.4 Å². The summed E-state index contributed by atoms with van der Waals surface area (Å²) >= 11 is 0. The molecule has 0 spiro atoms. The number of benzene rings is 3. The number of nitrogens with one attached hydrogen (secondary N) is 3. The number of hydrogen-bond donors (Lipinski definition) is 3. The Morgan fingerprint density at radius 2 is 1.71 bits per heavy atom. The minimum Gasteiger partial charge on any atom is -0.496 e. The summed E-state index contributed by atoms with van der Waals surface area (Å²) < 4.78 is 13.6. The molecule has 6 rings (SSSR count). The second-order valence-corrected chi connectivity index (χ2v) is 13.8. The van der Waals surface area contributed by atoms with E-state index in [0.29, 0.717) is 49.3 Å². The first-order valence-electron chi connectivity index (χ1n) is 18.2. The highest BCUT2D eigenvalue weighted by Gasteiger charge is 2.42. The molecule has 0 aliphatic carbocycles. The van der Waals surface area contributed by atoms with Gasteiger partial charge in [-0.3, -0.25) is 20.5 Å². The number of anilines is 2. The molecular weight excluding hydrogens is 640 g/mol. The fourth-order valence-electron chi connectivity index (χ4n) is 7.80. The van der Waals surface area contributed by atoms with Crippen LogP contribution in [0.4, 0.5) is 11.6 Å². The van der Waals surface area contributed by atoms with Gasteiger partial charge in [-0.05, 0) is 88.9 Å². The van der Waals surface area contributed by atoms with Crippen molar-refractivity contribution in [3.05, 3.63) is 83.9 Å². The first kappa shape index (κ1) is 36.1. The molecule has 0 saturated carbocycles. The zero-order chi connectivity index (χ0) is 36.0. The van der Waals surface area contributed by atoms with E-state index in [1.54, 1.807) is 39.2 Å². The molecule has 270 valence electrons. The highest BCUT2D eigenvalue weighted by atomic mass is 16.5. The number of imidazole rings is 1. The third-order valence-electron chi connectivity index (χ3n) is 10.5. The number of ether oxygens (including phenoxy) is 2. The Kier molecular flexibility index (Phi) is 11.4. The lowest BCUT2D eigenvalue weighted by atomic mass is 9.76. The molecular formula is C40H52N8O3. The minimum atomic E-state index is -0.161. The number of methoxy groups -OCH3 is 1. The van der Waals surface area contributed by atoms with E-state index in [9.17, 15) is 4.79 Å². The number of carbonyl (C=O) groups excluding carboxylic acids is 1. The Morgan fingerprint density at radius 1 is 0.980 bits per heavy atom. The van der Waals surface area contributed by atoms with Crippen LogP contribution in [0.1, 0.15) is 62.4 Å². The van der Waals surface area contributed by atoms with Gasteiger partial charge in [0.15, 0.2) is 0 Å². The second kappa shape index (κ2) is 16.1. The summed E-state index contributed by atoms with van der Waals surface area (Å²) in [5.41, 5.74) is 4.30. The normalized spacial score (nSPS) is 18.2. The Bertz CT molecular complexity index is 1820. The summed E-state index contributed by atoms with van der Waals surface area (Å²) in [5.74, 6) is 1.76. The van der Waals surface area contributed by atoms with Crippen LogP contribution in [0, 0.1) is 10.8 Å². The zero-order valence-electron chi connectivity index (χ0n) is 30.5. The monoisotopic (exact) mass is 692 g/mol. The number of fused-ring (bicyclic) bond motifs is 1. The summed E-state index contributed by atoms with van der Waals surface area (Å²) in [5, 5.41) is 20.2. The van der Waals surface area contributed by atoms with Gasteiger partial charge in [0.2, 0.25) is 5.95 Å². The molecule has 1 atom stereocenters. The van der Waals surface area contributed by atoms with Gasteiger partial charge in [-0.1, -0.05) is 42.5 Å². The largest absolute Gasteiger partial charge is 0.496 e. The van der Waals surface area contributed by atoms with Crippen LogP contribution in [-0.4, -0.2) is 96.0 Å². The van der Waals surface area contributed by atoms with Gasteiger partial charge in [0.25, 0.3) is 5.91 Å². The van der Waals surface area contributed by atoms with E-state index in [1.807, 2.05) is 17.9 Å². The quantitative estimate of drug-likeness (QED) is 0.0817. The van der Waals surface area contributed by atoms with Crippen molar-refractivity contribution in [2.45, 2.75) is 64.5 Å². The number of hydrogen-bond acceptors (Lipinski definition) is 8. The van der Waals surface area contributed by atoms with Crippen LogP contribution in [0.25, 0.3) is 11.0 Å². The number of likely N-dealkylation sites (tertiary alicyclic amines) is 2. The maximum atomic E-state index is 14.2. The Hall–Kier alpha value is -4.74. The van der Waals surface area contributed by atoms with E-state index in [1.165, 1.54) is 10.5 Å². The highest BCUT2D eigenvalue weighted by Crippen LogP contribution is 2.40. The van der Waals surface area contributed by atoms with E-state index >= 15 is 0 Å². The SMILES string of the molecule is CCOCCn1c(NC2CCN(CCC3(c4ccccc4)CCN(C(=O)c4cc(N(C(C)=N)C(C)=N)ccc4OC)C3)CC2)nc2ccccc21. The summed E-state index contributed by atoms with van der Waals surface area (Å²) in [4.78, 5) is 25.2. The zero-order valence-corrected chi connectivity index (χ0v) is 30.5. The number of carbonyl (C=O) groups is 1. The van der Waals surface area contributed by atoms with Crippen LogP contribution < -0.4 is 15.0 Å². The van der Waals surface area contributed by atoms with Crippen molar-refractivity contribution in [1.29, 1.82) is 10.8 Å². The van der Waals surface area contributed by atoms with Crippen molar-refractivity contribution in [2.24, 2.45) is 0 Å². The molecule has 1 unspecified atom stereocenters. The topological polar surface area (TPSA) is 123 Å². The molecule has 0 radical (unpaired) electrons. The van der Waals surface area contributed by atoms with Crippen LogP contribution in [0.2, 0.25) is 0 Å². The lowest BCUT2D eigenvalue weighted by Gasteiger charge is -2.36. The summed E-state index contributed by atoms with van der Waals surface area (Å²) in [7, 11) is 1.57. The van der Waals surface area contributed by atoms with Crippen LogP contribution >= 0.6 is 0 Å². The summed E-state index contributed by atoms with van der Waals surface area (Å²) in [6, 6.07) is 24.6. The minimum absolute atomic E-state index is 0.0871. The van der Waals surface area contributed by atoms with Gasteiger partial charge in [-0.2, -0.15) is 0 Å². The van der Waals surface area contributed by atoms with Crippen molar-refractivity contribution in [1.82, 2.24) is 19.4 Å². The average molecular weight is 693 g/mol. The summed E-state index contributed by atoms with van der Waals surface area (Å²) in [6.45, 7) is 11.7. The third kappa shape index (κ3) is 7.94. The number of nitrogens with zero attached hydrogens (tertiary/aromatic N) is 5. The van der Waals surface area contributed by atoms with Crippen LogP contribution in [0.5, 0.6) is 5.75 Å². The Labute approximate surface area is 301 Å². The number of amides is 1. The third-order valence-corrected chi connectivity index (χ3v) is 10.5. The molecule has 51 heavy (non-hydrogen) atoms. The highest BCUT2D eigenvalue weighted by molar-refractivity contribution is 6.15. The smallest absolute Gasteiger partial charge is 0.257 e. The lowest BCUT2D eigenvalue weighted by molar-refractivity contribution is 0.0777. The van der Waals surface area contributed by atoms with Crippen molar-refractivity contribution >= 4 is 40.2 Å². The molecule has 11 nitrogen and oxygen atoms in total. The number of piperidine rings is 1. The second-order valence-electron chi connectivity index (χ2n) is 13.8. The van der Waals surface area contributed by atoms with Crippen molar-refractivity contribution < 1.29 is 14.3 Å². The average Bonchev–Trinajstić information content (AvgIpc) is 3.73. The van der Waals surface area contributed by atoms with Gasteiger partial charge in [0, 0.05) is 56.5 Å². The van der Waals surface area contributed by atoms with E-state index in [4.69, 9.17) is 25.3 Å². The molecule has 11 heteroatoms. The molecule has 3 heterocycles. The number of amidine groups is 2. The number of aromatic nitrogens is 2. The molecule has 4 aromatic rings. The van der Waals surface area contributed by atoms with Crippen molar-refractivity contribution in [3.63, 3.8) is 0 Å². The van der Waals surface area contributed by atoms with Gasteiger partial charge < -0.3 is 29.2 Å². The van der Waals surface area contributed by atoms with Crippen molar-refractivity contribution in [3.8, 4) is 5.75 Å². The molecule has 1 aromatic heterocycles. The molecule has 2 fully saturated rings. The molecule has 3 N–H and O–H groups in total. The molecule has 0 bridgehead atoms. The van der Waals surface area contributed by atoms with E-state index in [0.717, 1.165) is 68.8 Å². The number of rotatable bonds is 13. The molecule has 3 aromatic carbocycles. The van der Waals surface area contributed by atoms with E-state index in [2.05, 4.69) is 63.3 Å². The lowest BCUT2D eigenvalue weighted by Crippen LogP contribution is -2.42. The molecule has 2 aliphatic rings. The molecule has 2 saturated heterocycles. The Balaban J connectivity index is 1.12. The predicted octanol–water partition coefficient (Wildman–Crippen LogP) is 6.63. The predicted molar refractivity (Wildman–Crippen MR) is 205 cm³/mol. The van der Waals surface area contributed by atoms with Gasteiger partial charge in [0.05, 0.1) is 30.3 Å². The van der Waals surface area contributed by atoms with E-state index in [-0.39, 0.29) is 23.0 Å². The number of para-hydroxylation sites is 2. The van der Waals surface area contributed by atoms with Crippen LogP contribution in [-0.2, 0) is 16.7 Å². The van der Waals surface area contributed by atoms with Gasteiger partial charge >= 0.3 is 0 Å². The first-order valence-corrected chi connectivity index (χ1v) is 18.2. The molecule has 2 aliphatic heterocycles. The maximum Gasteiger partial charge on any atom is 0.257 e. The van der Waals surface area contributed by atoms with Crippen LogP contribution in [0.3, 0.4) is 0 Å². The van der Waals surface area contributed by atoms with Crippen molar-refractivity contribution in [2.75, 3.05) is 63.3 Å². The fourth-order valence-corrected chi connectivity index (χ4v) is 7.80. The van der Waals surface area contributed by atoms with Gasteiger partial charge in [-0.15, -0.1) is 0 Å². The Morgan fingerprint density at radius 3 is 2.41 bits per heavy atom. The van der Waals surface area contributed by atoms with Gasteiger partial charge in [-0.25, -0.2) is 4.98 Å².